The normalized spacial score (nSPS) is 12.1. The molecule has 4 aromatic rings. The third kappa shape index (κ3) is 6.33. The minimum Gasteiger partial charge on any atom is -0.497 e. The Morgan fingerprint density at radius 2 is 1.62 bits per heavy atom. The highest BCUT2D eigenvalue weighted by molar-refractivity contribution is 6.02. The van der Waals surface area contributed by atoms with E-state index in [0.29, 0.717) is 46.1 Å². The first-order chi connectivity index (χ1) is 19.1. The summed E-state index contributed by atoms with van der Waals surface area (Å²) in [5, 5.41) is 11.4. The number of rotatable bonds is 10. The van der Waals surface area contributed by atoms with Crippen LogP contribution in [0.15, 0.2) is 66.7 Å². The Morgan fingerprint density at radius 3 is 2.27 bits per heavy atom. The summed E-state index contributed by atoms with van der Waals surface area (Å²) in [5.41, 5.74) is 1.73. The molecule has 1 atom stereocenters. The second-order valence-corrected chi connectivity index (χ2v) is 10.2. The van der Waals surface area contributed by atoms with Crippen molar-refractivity contribution in [2.75, 3.05) is 25.7 Å². The molecule has 0 radical (unpaired) electrons. The number of para-hydroxylation sites is 3. The molecule has 210 valence electrons. The summed E-state index contributed by atoms with van der Waals surface area (Å²) in [6.07, 6.45) is 0. The molecular formula is C30H35N5O5. The molecule has 1 unspecified atom stereocenters. The van der Waals surface area contributed by atoms with Gasteiger partial charge in [-0.25, -0.2) is 4.68 Å². The molecule has 0 fully saturated rings. The second-order valence-electron chi connectivity index (χ2n) is 10.2. The van der Waals surface area contributed by atoms with Crippen LogP contribution >= 0.6 is 0 Å². The Balaban J connectivity index is 1.92. The van der Waals surface area contributed by atoms with Crippen LogP contribution in [0.25, 0.3) is 11.0 Å². The molecule has 4 rings (SSSR count). The molecule has 2 amide bonds. The monoisotopic (exact) mass is 545 g/mol. The summed E-state index contributed by atoms with van der Waals surface area (Å²) < 4.78 is 18.5. The van der Waals surface area contributed by atoms with Gasteiger partial charge in [0.25, 0.3) is 0 Å². The van der Waals surface area contributed by atoms with Crippen molar-refractivity contribution < 1.29 is 23.8 Å². The number of amides is 2. The number of carbonyl (C=O) groups excluding carboxylic acids is 2. The van der Waals surface area contributed by atoms with Gasteiger partial charge in [0.05, 0.1) is 32.0 Å². The molecule has 0 saturated heterocycles. The van der Waals surface area contributed by atoms with Crippen molar-refractivity contribution in [1.82, 2.24) is 20.3 Å². The molecule has 0 aliphatic carbocycles. The van der Waals surface area contributed by atoms with Crippen LogP contribution in [0.2, 0.25) is 0 Å². The molecule has 1 heterocycles. The molecule has 10 nitrogen and oxygen atoms in total. The fourth-order valence-corrected chi connectivity index (χ4v) is 4.43. The van der Waals surface area contributed by atoms with Crippen LogP contribution in [0.1, 0.15) is 39.3 Å². The van der Waals surface area contributed by atoms with E-state index in [9.17, 15) is 9.59 Å². The molecule has 10 heteroatoms. The van der Waals surface area contributed by atoms with Gasteiger partial charge in [0.1, 0.15) is 35.4 Å². The maximum Gasteiger partial charge on any atom is 0.249 e. The van der Waals surface area contributed by atoms with Crippen LogP contribution in [-0.2, 0) is 16.1 Å². The highest BCUT2D eigenvalue weighted by Crippen LogP contribution is 2.38. The van der Waals surface area contributed by atoms with Gasteiger partial charge in [-0.1, -0.05) is 29.5 Å². The summed E-state index contributed by atoms with van der Waals surface area (Å²) in [6, 6.07) is 18.6. The predicted octanol–water partition coefficient (Wildman–Crippen LogP) is 4.54. The predicted molar refractivity (Wildman–Crippen MR) is 153 cm³/mol. The minimum atomic E-state index is -1.10. The van der Waals surface area contributed by atoms with Crippen molar-refractivity contribution in [2.24, 2.45) is 0 Å². The molecule has 0 aliphatic rings. The van der Waals surface area contributed by atoms with Crippen LogP contribution in [-0.4, -0.2) is 53.2 Å². The lowest BCUT2D eigenvalue weighted by Gasteiger charge is -2.34. The Bertz CT molecular complexity index is 1470. The Hall–Kier alpha value is -4.60. The van der Waals surface area contributed by atoms with Crippen molar-refractivity contribution in [3.05, 3.63) is 72.3 Å². The Kier molecular flexibility index (Phi) is 8.57. The van der Waals surface area contributed by atoms with Gasteiger partial charge in [-0.2, -0.15) is 0 Å². The van der Waals surface area contributed by atoms with Gasteiger partial charge in [0.15, 0.2) is 0 Å². The molecule has 3 aromatic carbocycles. The minimum absolute atomic E-state index is 0.165. The van der Waals surface area contributed by atoms with Crippen LogP contribution in [0.3, 0.4) is 0 Å². The SMILES string of the molecule is CCOc1ccccc1N(C(=O)Cn1nnc2ccccc21)C(C(=O)NC(C)(C)C)c1cc(OC)cc(OC)c1. The van der Waals surface area contributed by atoms with Crippen molar-refractivity contribution in [3.8, 4) is 17.2 Å². The molecule has 0 aliphatic heterocycles. The van der Waals surface area contributed by atoms with Gasteiger partial charge in [-0.15, -0.1) is 5.10 Å². The number of carbonyl (C=O) groups is 2. The molecule has 0 saturated carbocycles. The number of hydrogen-bond donors (Lipinski definition) is 1. The lowest BCUT2D eigenvalue weighted by Crippen LogP contribution is -2.50. The van der Waals surface area contributed by atoms with Crippen LogP contribution in [0.4, 0.5) is 5.69 Å². The van der Waals surface area contributed by atoms with Gasteiger partial charge < -0.3 is 19.5 Å². The molecule has 1 N–H and O–H groups in total. The van der Waals surface area contributed by atoms with Crippen molar-refractivity contribution in [1.29, 1.82) is 0 Å². The second kappa shape index (κ2) is 12.1. The summed E-state index contributed by atoms with van der Waals surface area (Å²) in [4.78, 5) is 29.9. The lowest BCUT2D eigenvalue weighted by molar-refractivity contribution is -0.128. The quantitative estimate of drug-likeness (QED) is 0.312. The largest absolute Gasteiger partial charge is 0.497 e. The van der Waals surface area contributed by atoms with Gasteiger partial charge in [0, 0.05) is 11.6 Å². The molecule has 0 bridgehead atoms. The lowest BCUT2D eigenvalue weighted by atomic mass is 9.99. The van der Waals surface area contributed by atoms with Gasteiger partial charge >= 0.3 is 0 Å². The first-order valence-electron chi connectivity index (χ1n) is 13.0. The Morgan fingerprint density at radius 1 is 0.975 bits per heavy atom. The zero-order valence-corrected chi connectivity index (χ0v) is 23.7. The van der Waals surface area contributed by atoms with Gasteiger partial charge in [-0.05, 0) is 69.7 Å². The Labute approximate surface area is 233 Å². The van der Waals surface area contributed by atoms with E-state index < -0.39 is 17.5 Å². The van der Waals surface area contributed by atoms with E-state index in [4.69, 9.17) is 14.2 Å². The highest BCUT2D eigenvalue weighted by atomic mass is 16.5. The molecular weight excluding hydrogens is 510 g/mol. The zero-order valence-electron chi connectivity index (χ0n) is 23.7. The molecule has 0 spiro atoms. The van der Waals surface area contributed by atoms with E-state index in [1.807, 2.05) is 58.0 Å². The number of hydrogen-bond acceptors (Lipinski definition) is 7. The number of nitrogens with one attached hydrogen (secondary N) is 1. The first kappa shape index (κ1) is 28.4. The van der Waals surface area contributed by atoms with E-state index >= 15 is 0 Å². The van der Waals surface area contributed by atoms with Crippen molar-refractivity contribution in [2.45, 2.75) is 45.8 Å². The van der Waals surface area contributed by atoms with Crippen LogP contribution in [0, 0.1) is 0 Å². The standard InChI is InChI=1S/C30H35N5O5/c1-7-40-26-15-11-10-14-25(26)35(27(36)19-34-24-13-9-8-12-23(24)32-33-34)28(29(37)31-30(2,3)4)20-16-21(38-5)18-22(17-20)39-6/h8-18,28H,7,19H2,1-6H3,(H,31,37). The number of benzene rings is 3. The molecule has 40 heavy (non-hydrogen) atoms. The zero-order chi connectivity index (χ0) is 28.9. The van der Waals surface area contributed by atoms with Gasteiger partial charge in [0.2, 0.25) is 11.8 Å². The number of anilines is 1. The number of aromatic nitrogens is 3. The van der Waals surface area contributed by atoms with E-state index in [0.717, 1.165) is 0 Å². The fraction of sp³-hybridized carbons (Fsp3) is 0.333. The fourth-order valence-electron chi connectivity index (χ4n) is 4.43. The van der Waals surface area contributed by atoms with E-state index in [-0.39, 0.29) is 12.5 Å². The summed E-state index contributed by atoms with van der Waals surface area (Å²) >= 11 is 0. The van der Waals surface area contributed by atoms with Crippen LogP contribution in [0.5, 0.6) is 17.2 Å². The summed E-state index contributed by atoms with van der Waals surface area (Å²) in [6.45, 7) is 7.73. The van der Waals surface area contributed by atoms with Crippen molar-refractivity contribution in [3.63, 3.8) is 0 Å². The van der Waals surface area contributed by atoms with Gasteiger partial charge in [-0.3, -0.25) is 14.5 Å². The topological polar surface area (TPSA) is 108 Å². The maximum atomic E-state index is 14.3. The number of methoxy groups -OCH3 is 2. The average molecular weight is 546 g/mol. The third-order valence-corrected chi connectivity index (χ3v) is 6.09. The number of ether oxygens (including phenoxy) is 3. The maximum absolute atomic E-state index is 14.3. The van der Waals surface area contributed by atoms with E-state index in [1.54, 1.807) is 36.4 Å². The number of fused-ring (bicyclic) bond motifs is 1. The highest BCUT2D eigenvalue weighted by Gasteiger charge is 2.37. The average Bonchev–Trinajstić information content (AvgIpc) is 3.33. The summed E-state index contributed by atoms with van der Waals surface area (Å²) in [7, 11) is 3.07. The smallest absolute Gasteiger partial charge is 0.249 e. The summed E-state index contributed by atoms with van der Waals surface area (Å²) in [5.74, 6) is 0.654. The molecule has 1 aromatic heterocycles. The van der Waals surface area contributed by atoms with E-state index in [2.05, 4.69) is 15.6 Å². The first-order valence-corrected chi connectivity index (χ1v) is 13.0. The van der Waals surface area contributed by atoms with E-state index in [1.165, 1.54) is 23.8 Å². The van der Waals surface area contributed by atoms with Crippen LogP contribution < -0.4 is 24.4 Å². The van der Waals surface area contributed by atoms with Crippen molar-refractivity contribution >= 4 is 28.5 Å². The number of nitrogens with zero attached hydrogens (tertiary/aromatic N) is 4. The third-order valence-electron chi connectivity index (χ3n) is 6.09.